The fourth-order valence-corrected chi connectivity index (χ4v) is 4.56. The zero-order valence-corrected chi connectivity index (χ0v) is 14.0. The average molecular weight is 337 g/mol. The van der Waals surface area contributed by atoms with E-state index in [-0.39, 0.29) is 11.8 Å². The summed E-state index contributed by atoms with van der Waals surface area (Å²) in [5.74, 6) is -1.39. The van der Waals surface area contributed by atoms with Gasteiger partial charge in [-0.2, -0.15) is 0 Å². The van der Waals surface area contributed by atoms with Crippen molar-refractivity contribution in [1.82, 2.24) is 5.32 Å². The minimum Gasteiger partial charge on any atom is -0.480 e. The fourth-order valence-electron chi connectivity index (χ4n) is 3.40. The van der Waals surface area contributed by atoms with Crippen molar-refractivity contribution in [2.45, 2.75) is 51.0 Å². The van der Waals surface area contributed by atoms with E-state index in [0.717, 1.165) is 25.7 Å². The maximum Gasteiger partial charge on any atom is 0.326 e. The van der Waals surface area contributed by atoms with Crippen LogP contribution in [0.15, 0.2) is 6.07 Å². The molecule has 2 unspecified atom stereocenters. The number of rotatable bonds is 4. The van der Waals surface area contributed by atoms with Crippen molar-refractivity contribution in [3.05, 3.63) is 21.4 Å². The first kappa shape index (κ1) is 16.5. The molecular formula is C17H23NO4S. The van der Waals surface area contributed by atoms with Gasteiger partial charge in [0.1, 0.15) is 6.04 Å². The summed E-state index contributed by atoms with van der Waals surface area (Å²) in [6, 6.07) is 1.08. The number of aliphatic carboxylic acids is 1. The van der Waals surface area contributed by atoms with Crippen molar-refractivity contribution in [3.8, 4) is 0 Å². The molecule has 1 amide bonds. The van der Waals surface area contributed by atoms with Crippen molar-refractivity contribution in [2.24, 2.45) is 5.92 Å². The molecule has 6 heteroatoms. The van der Waals surface area contributed by atoms with Crippen LogP contribution in [0.5, 0.6) is 0 Å². The van der Waals surface area contributed by atoms with Crippen molar-refractivity contribution in [3.63, 3.8) is 0 Å². The monoisotopic (exact) mass is 337 g/mol. The van der Waals surface area contributed by atoms with Gasteiger partial charge in [-0.05, 0) is 50.2 Å². The minimum absolute atomic E-state index is 0.150. The van der Waals surface area contributed by atoms with Crippen LogP contribution in [0.25, 0.3) is 0 Å². The molecule has 2 atom stereocenters. The van der Waals surface area contributed by atoms with E-state index in [2.05, 4.69) is 5.32 Å². The second kappa shape index (κ2) is 7.45. The Kier molecular flexibility index (Phi) is 5.33. The Balaban J connectivity index is 1.70. The molecule has 1 aliphatic heterocycles. The van der Waals surface area contributed by atoms with Crippen molar-refractivity contribution >= 4 is 23.2 Å². The molecule has 2 aliphatic rings. The second-order valence-electron chi connectivity index (χ2n) is 6.39. The maximum absolute atomic E-state index is 12.5. The van der Waals surface area contributed by atoms with Gasteiger partial charge in [-0.1, -0.05) is 6.42 Å². The third kappa shape index (κ3) is 3.93. The molecule has 126 valence electrons. The van der Waals surface area contributed by atoms with Crippen LogP contribution in [-0.2, 0) is 22.4 Å². The minimum atomic E-state index is -0.980. The lowest BCUT2D eigenvalue weighted by molar-refractivity contribution is -0.142. The predicted molar refractivity (Wildman–Crippen MR) is 88.0 cm³/mol. The van der Waals surface area contributed by atoms with E-state index < -0.39 is 12.0 Å². The van der Waals surface area contributed by atoms with Crippen LogP contribution >= 0.6 is 11.3 Å². The summed E-state index contributed by atoms with van der Waals surface area (Å²) in [6.07, 6.45) is 7.26. The summed E-state index contributed by atoms with van der Waals surface area (Å²) in [4.78, 5) is 26.0. The van der Waals surface area contributed by atoms with Crippen LogP contribution in [-0.4, -0.2) is 36.2 Å². The average Bonchev–Trinajstić information content (AvgIpc) is 2.84. The van der Waals surface area contributed by atoms with Crippen LogP contribution in [0.4, 0.5) is 0 Å². The number of carbonyl (C=O) groups is 2. The van der Waals surface area contributed by atoms with E-state index >= 15 is 0 Å². The number of hydrogen-bond donors (Lipinski definition) is 2. The summed E-state index contributed by atoms with van der Waals surface area (Å²) in [7, 11) is 0. The van der Waals surface area contributed by atoms with E-state index in [0.29, 0.717) is 18.1 Å². The van der Waals surface area contributed by atoms with Gasteiger partial charge in [-0.25, -0.2) is 4.79 Å². The normalized spacial score (nSPS) is 22.7. The zero-order valence-electron chi connectivity index (χ0n) is 13.2. The lowest BCUT2D eigenvalue weighted by Gasteiger charge is -2.27. The van der Waals surface area contributed by atoms with Crippen molar-refractivity contribution in [1.29, 1.82) is 0 Å². The molecule has 0 bridgehead atoms. The van der Waals surface area contributed by atoms with Crippen LogP contribution in [0.2, 0.25) is 0 Å². The number of thiophene rings is 1. The Hall–Kier alpha value is -1.40. The van der Waals surface area contributed by atoms with Crippen LogP contribution < -0.4 is 5.32 Å². The molecule has 1 saturated heterocycles. The Morgan fingerprint density at radius 3 is 2.83 bits per heavy atom. The summed E-state index contributed by atoms with van der Waals surface area (Å²) in [5.41, 5.74) is 1.27. The number of carboxylic acid groups (broad SMARTS) is 1. The van der Waals surface area contributed by atoms with Gasteiger partial charge in [0.05, 0.1) is 11.5 Å². The SMILES string of the molecule is O=C(NC(C(=O)O)C1CCCOC1)c1cc2c(s1)CCCCC2. The number of nitrogens with one attached hydrogen (secondary N) is 1. The van der Waals surface area contributed by atoms with E-state index in [1.807, 2.05) is 6.07 Å². The van der Waals surface area contributed by atoms with Gasteiger partial charge >= 0.3 is 5.97 Å². The molecule has 0 radical (unpaired) electrons. The molecular weight excluding hydrogens is 314 g/mol. The van der Waals surface area contributed by atoms with Gasteiger partial charge in [0.25, 0.3) is 5.91 Å². The number of carbonyl (C=O) groups excluding carboxylic acids is 1. The Labute approximate surface area is 140 Å². The van der Waals surface area contributed by atoms with E-state index in [4.69, 9.17) is 4.74 Å². The summed E-state index contributed by atoms with van der Waals surface area (Å²) < 4.78 is 5.37. The first-order valence-corrected chi connectivity index (χ1v) is 9.20. The Morgan fingerprint density at radius 2 is 2.09 bits per heavy atom. The Morgan fingerprint density at radius 1 is 1.26 bits per heavy atom. The molecule has 0 spiro atoms. The van der Waals surface area contributed by atoms with Crippen molar-refractivity contribution in [2.75, 3.05) is 13.2 Å². The Bertz CT molecular complexity index is 554. The summed E-state index contributed by atoms with van der Waals surface area (Å²) in [6.45, 7) is 1.08. The van der Waals surface area contributed by atoms with Gasteiger partial charge in [0.2, 0.25) is 0 Å². The van der Waals surface area contributed by atoms with Crippen LogP contribution in [0.1, 0.15) is 52.2 Å². The third-order valence-corrected chi connectivity index (χ3v) is 5.93. The van der Waals surface area contributed by atoms with Gasteiger partial charge in [-0.15, -0.1) is 11.3 Å². The largest absolute Gasteiger partial charge is 0.480 e. The van der Waals surface area contributed by atoms with E-state index in [1.165, 1.54) is 41.0 Å². The predicted octanol–water partition coefficient (Wildman–Crippen LogP) is 2.63. The number of fused-ring (bicyclic) bond motifs is 1. The molecule has 1 aromatic rings. The summed E-state index contributed by atoms with van der Waals surface area (Å²) in [5, 5.41) is 12.2. The van der Waals surface area contributed by atoms with Crippen LogP contribution in [0.3, 0.4) is 0 Å². The van der Waals surface area contributed by atoms with E-state index in [1.54, 1.807) is 0 Å². The standard InChI is InChI=1S/C17H23NO4S/c19-16(14-9-11-5-2-1-3-7-13(11)23-14)18-15(17(20)21)12-6-4-8-22-10-12/h9,12,15H,1-8,10H2,(H,18,19)(H,20,21). The number of aryl methyl sites for hydroxylation is 2. The van der Waals surface area contributed by atoms with E-state index in [9.17, 15) is 14.7 Å². The van der Waals surface area contributed by atoms with Crippen molar-refractivity contribution < 1.29 is 19.4 Å². The molecule has 1 fully saturated rings. The second-order valence-corrected chi connectivity index (χ2v) is 7.52. The highest BCUT2D eigenvalue weighted by atomic mass is 32.1. The number of amides is 1. The molecule has 1 aromatic heterocycles. The molecule has 2 heterocycles. The lowest BCUT2D eigenvalue weighted by Crippen LogP contribution is -2.48. The van der Waals surface area contributed by atoms with Gasteiger partial charge < -0.3 is 15.2 Å². The van der Waals surface area contributed by atoms with Gasteiger partial charge in [0, 0.05) is 17.4 Å². The van der Waals surface area contributed by atoms with Crippen LogP contribution in [0, 0.1) is 5.92 Å². The first-order valence-electron chi connectivity index (χ1n) is 8.38. The fraction of sp³-hybridized carbons (Fsp3) is 0.647. The number of carboxylic acids is 1. The molecule has 23 heavy (non-hydrogen) atoms. The molecule has 0 aromatic carbocycles. The zero-order chi connectivity index (χ0) is 16.2. The number of hydrogen-bond acceptors (Lipinski definition) is 4. The quantitative estimate of drug-likeness (QED) is 0.828. The lowest BCUT2D eigenvalue weighted by atomic mass is 9.93. The molecule has 3 rings (SSSR count). The number of ether oxygens (including phenoxy) is 1. The topological polar surface area (TPSA) is 75.6 Å². The summed E-state index contributed by atoms with van der Waals surface area (Å²) >= 11 is 1.52. The van der Waals surface area contributed by atoms with Gasteiger partial charge in [0.15, 0.2) is 0 Å². The first-order chi connectivity index (χ1) is 11.1. The third-order valence-electron chi connectivity index (χ3n) is 4.69. The van der Waals surface area contributed by atoms with Gasteiger partial charge in [-0.3, -0.25) is 4.79 Å². The molecule has 1 aliphatic carbocycles. The molecule has 2 N–H and O–H groups in total. The highest BCUT2D eigenvalue weighted by Gasteiger charge is 2.32. The highest BCUT2D eigenvalue weighted by Crippen LogP contribution is 2.29. The molecule has 5 nitrogen and oxygen atoms in total. The highest BCUT2D eigenvalue weighted by molar-refractivity contribution is 7.14. The maximum atomic E-state index is 12.5. The smallest absolute Gasteiger partial charge is 0.326 e. The molecule has 0 saturated carbocycles.